The van der Waals surface area contributed by atoms with Crippen molar-refractivity contribution in [3.05, 3.63) is 95.1 Å². The molecule has 7 nitrogen and oxygen atoms in total. The number of ether oxygens (including phenoxy) is 1. The van der Waals surface area contributed by atoms with Crippen LogP contribution in [0.4, 0.5) is 0 Å². The van der Waals surface area contributed by atoms with E-state index in [9.17, 15) is 9.90 Å². The molecule has 7 heteroatoms. The second kappa shape index (κ2) is 9.09. The molecule has 1 atom stereocenters. The van der Waals surface area contributed by atoms with Crippen LogP contribution >= 0.6 is 0 Å². The van der Waals surface area contributed by atoms with Crippen LogP contribution in [0.15, 0.2) is 77.6 Å². The number of allylic oxidation sites excluding steroid dienone is 1. The quantitative estimate of drug-likeness (QED) is 0.593. The molecule has 2 N–H and O–H groups in total. The highest BCUT2D eigenvalue weighted by Crippen LogP contribution is 2.32. The van der Waals surface area contributed by atoms with E-state index in [2.05, 4.69) is 10.3 Å². The predicted molar refractivity (Wildman–Crippen MR) is 123 cm³/mol. The van der Waals surface area contributed by atoms with Crippen molar-refractivity contribution in [3.8, 4) is 5.75 Å². The first-order valence-corrected chi connectivity index (χ1v) is 10.4. The third-order valence-electron chi connectivity index (χ3n) is 5.57. The summed E-state index contributed by atoms with van der Waals surface area (Å²) in [7, 11) is 1.63. The lowest BCUT2D eigenvalue weighted by molar-refractivity contribution is 0.0940. The van der Waals surface area contributed by atoms with Gasteiger partial charge >= 0.3 is 0 Å². The molecular formula is C25H26N4O3. The summed E-state index contributed by atoms with van der Waals surface area (Å²) in [4.78, 5) is 17.0. The number of benzene rings is 2. The summed E-state index contributed by atoms with van der Waals surface area (Å²) in [5, 5.41) is 17.7. The van der Waals surface area contributed by atoms with Crippen molar-refractivity contribution in [1.82, 2.24) is 15.1 Å². The number of aliphatic imine (C=N–C) groups is 1. The third-order valence-corrected chi connectivity index (χ3v) is 5.57. The summed E-state index contributed by atoms with van der Waals surface area (Å²) >= 11 is 0. The maximum atomic E-state index is 13.1. The van der Waals surface area contributed by atoms with Gasteiger partial charge in [0, 0.05) is 18.2 Å². The number of hydrogen-bond acceptors (Lipinski definition) is 5. The molecule has 2 aromatic carbocycles. The zero-order chi connectivity index (χ0) is 22.6. The maximum Gasteiger partial charge on any atom is 0.269 e. The minimum atomic E-state index is -0.550. The molecule has 2 heterocycles. The van der Waals surface area contributed by atoms with Gasteiger partial charge < -0.3 is 15.2 Å². The van der Waals surface area contributed by atoms with Crippen molar-refractivity contribution in [2.45, 2.75) is 31.8 Å². The van der Waals surface area contributed by atoms with E-state index in [4.69, 9.17) is 9.84 Å². The topological polar surface area (TPSA) is 88.7 Å². The molecule has 32 heavy (non-hydrogen) atoms. The monoisotopic (exact) mass is 430 g/mol. The molecule has 0 radical (unpaired) electrons. The SMILES string of the molecule is COc1ccc(Cn2nc(C3(C)C=C(O)N=CC3)cc2C(=O)NCc2ccccc2)cc1. The molecule has 1 aliphatic rings. The van der Waals surface area contributed by atoms with Crippen LogP contribution in [-0.2, 0) is 18.5 Å². The van der Waals surface area contributed by atoms with E-state index in [0.717, 1.165) is 16.9 Å². The van der Waals surface area contributed by atoms with Crippen LogP contribution in [0.25, 0.3) is 0 Å². The lowest BCUT2D eigenvalue weighted by Crippen LogP contribution is -2.26. The molecule has 0 bridgehead atoms. The molecule has 1 amide bonds. The molecule has 1 aliphatic heterocycles. The number of amides is 1. The normalized spacial score (nSPS) is 17.6. The number of methoxy groups -OCH3 is 1. The Labute approximate surface area is 187 Å². The fourth-order valence-electron chi connectivity index (χ4n) is 3.66. The van der Waals surface area contributed by atoms with Crippen molar-refractivity contribution < 1.29 is 14.6 Å². The first-order chi connectivity index (χ1) is 15.5. The molecule has 1 aromatic heterocycles. The summed E-state index contributed by atoms with van der Waals surface area (Å²) in [5.41, 5.74) is 2.62. The van der Waals surface area contributed by atoms with Crippen LogP contribution in [0, 0.1) is 0 Å². The molecule has 0 aliphatic carbocycles. The second-order valence-electron chi connectivity index (χ2n) is 8.02. The zero-order valence-corrected chi connectivity index (χ0v) is 18.2. The van der Waals surface area contributed by atoms with E-state index >= 15 is 0 Å². The van der Waals surface area contributed by atoms with Crippen molar-refractivity contribution in [1.29, 1.82) is 0 Å². The number of nitrogens with zero attached hydrogens (tertiary/aromatic N) is 3. The Morgan fingerprint density at radius 1 is 1.16 bits per heavy atom. The molecule has 0 fully saturated rings. The number of rotatable bonds is 7. The van der Waals surface area contributed by atoms with Crippen LogP contribution in [0.2, 0.25) is 0 Å². The van der Waals surface area contributed by atoms with Gasteiger partial charge in [0.1, 0.15) is 11.4 Å². The van der Waals surface area contributed by atoms with Gasteiger partial charge in [0.2, 0.25) is 5.88 Å². The Hall–Kier alpha value is -3.87. The van der Waals surface area contributed by atoms with Crippen LogP contribution < -0.4 is 10.1 Å². The number of carbonyl (C=O) groups excluding carboxylic acids is 1. The molecule has 0 saturated heterocycles. The average Bonchev–Trinajstić information content (AvgIpc) is 3.23. The third kappa shape index (κ3) is 4.72. The summed E-state index contributed by atoms with van der Waals surface area (Å²) in [5.74, 6) is 0.520. The van der Waals surface area contributed by atoms with Gasteiger partial charge in [0.25, 0.3) is 5.91 Å². The molecule has 3 aromatic rings. The van der Waals surface area contributed by atoms with Crippen LogP contribution in [0.1, 0.15) is 40.7 Å². The van der Waals surface area contributed by atoms with Gasteiger partial charge in [-0.3, -0.25) is 9.48 Å². The number of aromatic nitrogens is 2. The van der Waals surface area contributed by atoms with E-state index in [0.29, 0.717) is 30.9 Å². The first-order valence-electron chi connectivity index (χ1n) is 10.4. The van der Waals surface area contributed by atoms with Crippen LogP contribution in [0.3, 0.4) is 0 Å². The summed E-state index contributed by atoms with van der Waals surface area (Å²) in [6, 6.07) is 19.2. The van der Waals surface area contributed by atoms with Gasteiger partial charge in [-0.2, -0.15) is 5.10 Å². The van der Waals surface area contributed by atoms with E-state index < -0.39 is 5.41 Å². The smallest absolute Gasteiger partial charge is 0.269 e. The minimum absolute atomic E-state index is 0.0430. The lowest BCUT2D eigenvalue weighted by atomic mass is 9.82. The van der Waals surface area contributed by atoms with Crippen molar-refractivity contribution in [2.75, 3.05) is 7.11 Å². The molecule has 0 saturated carbocycles. The van der Waals surface area contributed by atoms with Crippen molar-refractivity contribution in [2.24, 2.45) is 4.99 Å². The number of aliphatic hydroxyl groups excluding tert-OH is 1. The lowest BCUT2D eigenvalue weighted by Gasteiger charge is -2.24. The summed E-state index contributed by atoms with van der Waals surface area (Å²) in [6.45, 7) is 2.82. The Kier molecular flexibility index (Phi) is 6.07. The largest absolute Gasteiger partial charge is 0.497 e. The minimum Gasteiger partial charge on any atom is -0.497 e. The van der Waals surface area contributed by atoms with Gasteiger partial charge in [-0.1, -0.05) is 42.5 Å². The van der Waals surface area contributed by atoms with E-state index in [-0.39, 0.29) is 11.8 Å². The molecular weight excluding hydrogens is 404 g/mol. The highest BCUT2D eigenvalue weighted by Gasteiger charge is 2.31. The van der Waals surface area contributed by atoms with Crippen LogP contribution in [0.5, 0.6) is 5.75 Å². The predicted octanol–water partition coefficient (Wildman–Crippen LogP) is 4.00. The Bertz CT molecular complexity index is 1150. The maximum absolute atomic E-state index is 13.1. The second-order valence-corrected chi connectivity index (χ2v) is 8.02. The number of aliphatic hydroxyl groups is 1. The van der Waals surface area contributed by atoms with Crippen molar-refractivity contribution >= 4 is 12.1 Å². The van der Waals surface area contributed by atoms with Gasteiger partial charge in [-0.05, 0) is 48.7 Å². The van der Waals surface area contributed by atoms with Gasteiger partial charge in [-0.15, -0.1) is 0 Å². The van der Waals surface area contributed by atoms with Gasteiger partial charge in [0.05, 0.1) is 19.3 Å². The first kappa shape index (κ1) is 21.4. The van der Waals surface area contributed by atoms with E-state index in [1.807, 2.05) is 61.5 Å². The fraction of sp³-hybridized carbons (Fsp3) is 0.240. The molecule has 164 valence electrons. The number of carbonyl (C=O) groups is 1. The fourth-order valence-corrected chi connectivity index (χ4v) is 3.66. The highest BCUT2D eigenvalue weighted by molar-refractivity contribution is 5.92. The Morgan fingerprint density at radius 3 is 2.59 bits per heavy atom. The van der Waals surface area contributed by atoms with Gasteiger partial charge in [-0.25, -0.2) is 4.99 Å². The Balaban J connectivity index is 1.63. The highest BCUT2D eigenvalue weighted by atomic mass is 16.5. The van der Waals surface area contributed by atoms with E-state index in [1.54, 1.807) is 30.1 Å². The molecule has 1 unspecified atom stereocenters. The average molecular weight is 431 g/mol. The summed E-state index contributed by atoms with van der Waals surface area (Å²) in [6.07, 6.45) is 3.94. The standard InChI is InChI=1S/C25H26N4O3/c1-25(12-13-26-23(30)15-25)22-14-21(24(31)27-16-18-6-4-3-5-7-18)29(28-22)17-19-8-10-20(32-2)11-9-19/h3-11,13-15,30H,12,16-17H2,1-2H3,(H,27,31). The molecule has 0 spiro atoms. The number of nitrogens with one attached hydrogen (secondary N) is 1. The van der Waals surface area contributed by atoms with Gasteiger partial charge in [0.15, 0.2) is 0 Å². The van der Waals surface area contributed by atoms with E-state index in [1.165, 1.54) is 0 Å². The summed E-state index contributed by atoms with van der Waals surface area (Å²) < 4.78 is 6.94. The van der Waals surface area contributed by atoms with Crippen LogP contribution in [-0.4, -0.2) is 34.1 Å². The number of hydrogen-bond donors (Lipinski definition) is 2. The van der Waals surface area contributed by atoms with Crippen molar-refractivity contribution in [3.63, 3.8) is 0 Å². The Morgan fingerprint density at radius 2 is 1.91 bits per heavy atom. The zero-order valence-electron chi connectivity index (χ0n) is 18.2. The molecule has 4 rings (SSSR count).